The normalized spacial score (nSPS) is 10.6. The highest BCUT2D eigenvalue weighted by molar-refractivity contribution is 5.66. The number of anilines is 1. The molecule has 2 N–H and O–H groups in total. The fraction of sp³-hybridized carbons (Fsp3) is 0.308. The van der Waals surface area contributed by atoms with Crippen LogP contribution < -0.4 is 5.73 Å². The van der Waals surface area contributed by atoms with Crippen molar-refractivity contribution in [2.75, 3.05) is 5.73 Å². The Morgan fingerprint density at radius 1 is 1.31 bits per heavy atom. The zero-order valence-electron chi connectivity index (χ0n) is 9.77. The van der Waals surface area contributed by atoms with Crippen LogP contribution in [0.15, 0.2) is 30.5 Å². The lowest BCUT2D eigenvalue weighted by Crippen LogP contribution is -2.01. The van der Waals surface area contributed by atoms with Gasteiger partial charge >= 0.3 is 0 Å². The van der Waals surface area contributed by atoms with Crippen LogP contribution in [0, 0.1) is 6.92 Å². The van der Waals surface area contributed by atoms with E-state index in [2.05, 4.69) is 18.1 Å². The molecule has 84 valence electrons. The standard InChI is InChI=1S/C13H17N3/c1-3-8-16-13(6-7-15-16)11-5-4-10(2)12(14)9-11/h4-7,9H,3,8,14H2,1-2H3. The molecule has 3 nitrogen and oxygen atoms in total. The first-order valence-corrected chi connectivity index (χ1v) is 5.60. The molecule has 1 aromatic carbocycles. The quantitative estimate of drug-likeness (QED) is 0.800. The summed E-state index contributed by atoms with van der Waals surface area (Å²) in [5.74, 6) is 0. The molecular weight excluding hydrogens is 198 g/mol. The van der Waals surface area contributed by atoms with E-state index < -0.39 is 0 Å². The number of nitrogens with zero attached hydrogens (tertiary/aromatic N) is 2. The van der Waals surface area contributed by atoms with Crippen LogP contribution in [-0.2, 0) is 6.54 Å². The lowest BCUT2D eigenvalue weighted by atomic mass is 10.1. The van der Waals surface area contributed by atoms with E-state index in [0.29, 0.717) is 0 Å². The predicted octanol–water partition coefficient (Wildman–Crippen LogP) is 2.85. The van der Waals surface area contributed by atoms with Crippen molar-refractivity contribution in [3.05, 3.63) is 36.0 Å². The fourth-order valence-corrected chi connectivity index (χ4v) is 1.77. The van der Waals surface area contributed by atoms with Crippen LogP contribution in [-0.4, -0.2) is 9.78 Å². The fourth-order valence-electron chi connectivity index (χ4n) is 1.77. The average Bonchev–Trinajstić information content (AvgIpc) is 2.71. The summed E-state index contributed by atoms with van der Waals surface area (Å²) in [7, 11) is 0. The highest BCUT2D eigenvalue weighted by atomic mass is 15.3. The number of nitrogen functional groups attached to an aromatic ring is 1. The molecule has 0 fully saturated rings. The summed E-state index contributed by atoms with van der Waals surface area (Å²) >= 11 is 0. The van der Waals surface area contributed by atoms with Crippen LogP contribution in [0.2, 0.25) is 0 Å². The molecule has 0 saturated carbocycles. The smallest absolute Gasteiger partial charge is 0.0682 e. The number of hydrogen-bond acceptors (Lipinski definition) is 2. The van der Waals surface area contributed by atoms with Crippen molar-refractivity contribution in [1.82, 2.24) is 9.78 Å². The maximum absolute atomic E-state index is 5.92. The van der Waals surface area contributed by atoms with Gasteiger partial charge in [-0.25, -0.2) is 0 Å². The van der Waals surface area contributed by atoms with Crippen LogP contribution in [0.1, 0.15) is 18.9 Å². The molecular formula is C13H17N3. The molecule has 16 heavy (non-hydrogen) atoms. The molecule has 0 unspecified atom stereocenters. The van der Waals surface area contributed by atoms with Crippen molar-refractivity contribution in [2.45, 2.75) is 26.8 Å². The van der Waals surface area contributed by atoms with Crippen molar-refractivity contribution in [3.63, 3.8) is 0 Å². The molecule has 0 amide bonds. The zero-order chi connectivity index (χ0) is 11.5. The van der Waals surface area contributed by atoms with Gasteiger partial charge in [0.1, 0.15) is 0 Å². The lowest BCUT2D eigenvalue weighted by Gasteiger charge is -2.08. The Morgan fingerprint density at radius 3 is 2.81 bits per heavy atom. The molecule has 2 aromatic rings. The van der Waals surface area contributed by atoms with Crippen molar-refractivity contribution in [2.24, 2.45) is 0 Å². The second-order valence-corrected chi connectivity index (χ2v) is 4.01. The number of aryl methyl sites for hydroxylation is 2. The molecule has 0 saturated heterocycles. The lowest BCUT2D eigenvalue weighted by molar-refractivity contribution is 0.609. The molecule has 0 radical (unpaired) electrons. The molecule has 1 heterocycles. The van der Waals surface area contributed by atoms with E-state index in [4.69, 9.17) is 5.73 Å². The molecule has 0 atom stereocenters. The minimum atomic E-state index is 0.835. The van der Waals surface area contributed by atoms with Crippen LogP contribution >= 0.6 is 0 Å². The summed E-state index contributed by atoms with van der Waals surface area (Å²) in [4.78, 5) is 0. The van der Waals surface area contributed by atoms with Gasteiger partial charge in [-0.3, -0.25) is 4.68 Å². The van der Waals surface area contributed by atoms with E-state index in [1.807, 2.05) is 36.0 Å². The third-order valence-corrected chi connectivity index (χ3v) is 2.73. The summed E-state index contributed by atoms with van der Waals surface area (Å²) in [5, 5.41) is 4.31. The van der Waals surface area contributed by atoms with Gasteiger partial charge in [-0.1, -0.05) is 19.1 Å². The second-order valence-electron chi connectivity index (χ2n) is 4.01. The third kappa shape index (κ3) is 1.94. The van der Waals surface area contributed by atoms with Gasteiger partial charge in [0.2, 0.25) is 0 Å². The van der Waals surface area contributed by atoms with Gasteiger partial charge < -0.3 is 5.73 Å². The van der Waals surface area contributed by atoms with Gasteiger partial charge in [0.05, 0.1) is 5.69 Å². The Bertz CT molecular complexity index is 486. The minimum Gasteiger partial charge on any atom is -0.398 e. The van der Waals surface area contributed by atoms with Crippen LogP contribution in [0.4, 0.5) is 5.69 Å². The Balaban J connectivity index is 2.42. The van der Waals surface area contributed by atoms with Gasteiger partial charge in [0.15, 0.2) is 0 Å². The monoisotopic (exact) mass is 215 g/mol. The Morgan fingerprint density at radius 2 is 2.12 bits per heavy atom. The average molecular weight is 215 g/mol. The number of nitrogens with two attached hydrogens (primary N) is 1. The van der Waals surface area contributed by atoms with Gasteiger partial charge in [-0.2, -0.15) is 5.10 Å². The maximum atomic E-state index is 5.92. The summed E-state index contributed by atoms with van der Waals surface area (Å²) < 4.78 is 2.02. The summed E-state index contributed by atoms with van der Waals surface area (Å²) in [5.41, 5.74) is 10.1. The van der Waals surface area contributed by atoms with E-state index >= 15 is 0 Å². The molecule has 3 heteroatoms. The van der Waals surface area contributed by atoms with E-state index in [1.54, 1.807) is 0 Å². The number of aromatic nitrogens is 2. The van der Waals surface area contributed by atoms with Crippen molar-refractivity contribution < 1.29 is 0 Å². The third-order valence-electron chi connectivity index (χ3n) is 2.73. The summed E-state index contributed by atoms with van der Waals surface area (Å²) in [6, 6.07) is 8.18. The SMILES string of the molecule is CCCn1nccc1-c1ccc(C)c(N)c1. The van der Waals surface area contributed by atoms with Crippen molar-refractivity contribution in [3.8, 4) is 11.3 Å². The van der Waals surface area contributed by atoms with E-state index in [9.17, 15) is 0 Å². The summed E-state index contributed by atoms with van der Waals surface area (Å²) in [6.45, 7) is 5.10. The van der Waals surface area contributed by atoms with E-state index in [-0.39, 0.29) is 0 Å². The van der Waals surface area contributed by atoms with Gasteiger partial charge in [-0.15, -0.1) is 0 Å². The van der Waals surface area contributed by atoms with Crippen LogP contribution in [0.3, 0.4) is 0 Å². The Hall–Kier alpha value is -1.77. The van der Waals surface area contributed by atoms with Crippen molar-refractivity contribution >= 4 is 5.69 Å². The molecule has 0 aliphatic heterocycles. The summed E-state index contributed by atoms with van der Waals surface area (Å²) in [6.07, 6.45) is 2.91. The second kappa shape index (κ2) is 4.39. The molecule has 0 aliphatic rings. The first kappa shape index (κ1) is 10.7. The van der Waals surface area contributed by atoms with Crippen LogP contribution in [0.5, 0.6) is 0 Å². The molecule has 0 spiro atoms. The highest BCUT2D eigenvalue weighted by Gasteiger charge is 2.05. The van der Waals surface area contributed by atoms with Gasteiger partial charge in [0.25, 0.3) is 0 Å². The first-order valence-electron chi connectivity index (χ1n) is 5.60. The van der Waals surface area contributed by atoms with E-state index in [0.717, 1.165) is 35.5 Å². The topological polar surface area (TPSA) is 43.8 Å². The molecule has 2 rings (SSSR count). The molecule has 0 aliphatic carbocycles. The van der Waals surface area contributed by atoms with E-state index in [1.165, 1.54) is 0 Å². The Kier molecular flexibility index (Phi) is 2.95. The number of rotatable bonds is 3. The van der Waals surface area contributed by atoms with Crippen molar-refractivity contribution in [1.29, 1.82) is 0 Å². The maximum Gasteiger partial charge on any atom is 0.0682 e. The molecule has 1 aromatic heterocycles. The number of benzene rings is 1. The van der Waals surface area contributed by atoms with Gasteiger partial charge in [-0.05, 0) is 31.0 Å². The van der Waals surface area contributed by atoms with Crippen LogP contribution in [0.25, 0.3) is 11.3 Å². The largest absolute Gasteiger partial charge is 0.398 e. The minimum absolute atomic E-state index is 0.835. The number of hydrogen-bond donors (Lipinski definition) is 1. The first-order chi connectivity index (χ1) is 7.72. The zero-order valence-corrected chi connectivity index (χ0v) is 9.77. The van der Waals surface area contributed by atoms with Gasteiger partial charge in [0, 0.05) is 24.0 Å². The highest BCUT2D eigenvalue weighted by Crippen LogP contribution is 2.23. The Labute approximate surface area is 95.9 Å². The predicted molar refractivity (Wildman–Crippen MR) is 67.1 cm³/mol. The molecule has 0 bridgehead atoms.